The number of nitrogens with zero attached hydrogens (tertiary/aromatic N) is 1. The molecule has 0 unspecified atom stereocenters. The molecule has 2 aromatic rings. The number of hydrogen-bond acceptors (Lipinski definition) is 1. The molecule has 0 N–H and O–H groups in total. The second kappa shape index (κ2) is 4.38. The predicted octanol–water partition coefficient (Wildman–Crippen LogP) is 3.36. The van der Waals surface area contributed by atoms with Crippen molar-refractivity contribution >= 4 is 10.9 Å². The third kappa shape index (κ3) is 2.07. The second-order valence-corrected chi connectivity index (χ2v) is 2.97. The van der Waals surface area contributed by atoms with Crippen LogP contribution in [0.3, 0.4) is 0 Å². The van der Waals surface area contributed by atoms with E-state index in [9.17, 15) is 0 Å². The zero-order valence-electron chi connectivity index (χ0n) is 7.80. The van der Waals surface area contributed by atoms with E-state index in [0.29, 0.717) is 0 Å². The molecule has 0 radical (unpaired) electrons. The molecule has 2 rings (SSSR count). The van der Waals surface area contributed by atoms with E-state index < -0.39 is 0 Å². The molecule has 0 aliphatic heterocycles. The second-order valence-electron chi connectivity index (χ2n) is 2.97. The third-order valence-electron chi connectivity index (χ3n) is 1.96. The summed E-state index contributed by atoms with van der Waals surface area (Å²) in [6.45, 7) is 0. The smallest absolute Gasteiger partial charge is 0.0701 e. The molecule has 1 aromatic carbocycles. The van der Waals surface area contributed by atoms with E-state index in [1.54, 1.807) is 0 Å². The molecule has 1 heteroatoms. The minimum atomic E-state index is 1.00. The van der Waals surface area contributed by atoms with Gasteiger partial charge in [0.1, 0.15) is 0 Å². The number of pyridine rings is 1. The van der Waals surface area contributed by atoms with E-state index in [1.165, 1.54) is 0 Å². The van der Waals surface area contributed by atoms with Crippen LogP contribution in [-0.2, 0) is 0 Å². The third-order valence-corrected chi connectivity index (χ3v) is 1.96. The van der Waals surface area contributed by atoms with Crippen LogP contribution in [0.4, 0.5) is 0 Å². The van der Waals surface area contributed by atoms with Gasteiger partial charge in [-0.2, -0.15) is 0 Å². The van der Waals surface area contributed by atoms with E-state index >= 15 is 0 Å². The average molecular weight is 181 g/mol. The van der Waals surface area contributed by atoms with Gasteiger partial charge in [0.25, 0.3) is 0 Å². The van der Waals surface area contributed by atoms with Crippen molar-refractivity contribution in [3.05, 3.63) is 66.9 Å². The zero-order chi connectivity index (χ0) is 9.64. The van der Waals surface area contributed by atoms with Crippen LogP contribution >= 0.6 is 0 Å². The highest BCUT2D eigenvalue weighted by molar-refractivity contribution is 5.76. The lowest BCUT2D eigenvalue weighted by molar-refractivity contribution is 1.42. The highest BCUT2D eigenvalue weighted by atomic mass is 14.6. The highest BCUT2D eigenvalue weighted by Crippen LogP contribution is 2.05. The Labute approximate surface area is 83.4 Å². The number of rotatable bonds is 0. The number of aromatic nitrogens is 1. The lowest BCUT2D eigenvalue weighted by atomic mass is 10.2. The molecular formula is C13H11N. The quantitative estimate of drug-likeness (QED) is 0.607. The standard InChI is InChI=1S/C13H11N/c1-2-4-6-10-13-12(8-5-3-1)9-7-11-14-13/h1-11H. The summed E-state index contributed by atoms with van der Waals surface area (Å²) in [5.74, 6) is 0. The van der Waals surface area contributed by atoms with Crippen molar-refractivity contribution in [3.63, 3.8) is 0 Å². The van der Waals surface area contributed by atoms with Crippen LogP contribution in [0.15, 0.2) is 66.9 Å². The van der Waals surface area contributed by atoms with Crippen molar-refractivity contribution in [1.29, 1.82) is 0 Å². The summed E-state index contributed by atoms with van der Waals surface area (Å²) < 4.78 is 0. The molecule has 0 spiro atoms. The van der Waals surface area contributed by atoms with Crippen molar-refractivity contribution in [2.24, 2.45) is 0 Å². The summed E-state index contributed by atoms with van der Waals surface area (Å²) in [5.41, 5.74) is 1.00. The SMILES string of the molecule is c1ccccc2ncccc2ccc1. The van der Waals surface area contributed by atoms with E-state index in [1.807, 2.05) is 54.7 Å². The van der Waals surface area contributed by atoms with Crippen LogP contribution in [0.1, 0.15) is 0 Å². The zero-order valence-corrected chi connectivity index (χ0v) is 7.80. The minimum absolute atomic E-state index is 1.00. The average Bonchev–Trinajstić information content (AvgIpc) is 2.25. The molecule has 0 bridgehead atoms. The predicted molar refractivity (Wildman–Crippen MR) is 59.4 cm³/mol. The first-order valence-corrected chi connectivity index (χ1v) is 4.60. The first-order valence-electron chi connectivity index (χ1n) is 4.60. The van der Waals surface area contributed by atoms with Crippen LogP contribution in [0.25, 0.3) is 10.9 Å². The Balaban J connectivity index is 2.76. The molecule has 0 amide bonds. The van der Waals surface area contributed by atoms with Gasteiger partial charge in [0, 0.05) is 11.6 Å². The fourth-order valence-corrected chi connectivity index (χ4v) is 1.27. The van der Waals surface area contributed by atoms with Gasteiger partial charge in [-0.15, -0.1) is 0 Å². The van der Waals surface area contributed by atoms with Gasteiger partial charge < -0.3 is 0 Å². The minimum Gasteiger partial charge on any atom is -0.256 e. The van der Waals surface area contributed by atoms with Crippen molar-refractivity contribution in [2.75, 3.05) is 0 Å². The maximum absolute atomic E-state index is 4.30. The summed E-state index contributed by atoms with van der Waals surface area (Å²) in [7, 11) is 0. The van der Waals surface area contributed by atoms with Crippen LogP contribution in [-0.4, -0.2) is 4.98 Å². The maximum Gasteiger partial charge on any atom is 0.0701 e. The first-order chi connectivity index (χ1) is 6.97. The van der Waals surface area contributed by atoms with E-state index in [0.717, 1.165) is 10.9 Å². The summed E-state index contributed by atoms with van der Waals surface area (Å²) >= 11 is 0. The largest absolute Gasteiger partial charge is 0.256 e. The molecule has 1 aromatic heterocycles. The lowest BCUT2D eigenvalue weighted by Gasteiger charge is -1.89. The van der Waals surface area contributed by atoms with Gasteiger partial charge >= 0.3 is 0 Å². The van der Waals surface area contributed by atoms with Gasteiger partial charge in [0.15, 0.2) is 0 Å². The normalized spacial score (nSPS) is 9.43. The Hall–Kier alpha value is -1.89. The fraction of sp³-hybridized carbons (Fsp3) is 0. The molecule has 14 heavy (non-hydrogen) atoms. The Morgan fingerprint density at radius 3 is 2.14 bits per heavy atom. The molecular weight excluding hydrogens is 170 g/mol. The van der Waals surface area contributed by atoms with E-state index in [2.05, 4.69) is 17.1 Å². The Morgan fingerprint density at radius 1 is 0.643 bits per heavy atom. The Morgan fingerprint density at radius 2 is 1.29 bits per heavy atom. The molecule has 0 atom stereocenters. The van der Waals surface area contributed by atoms with Crippen molar-refractivity contribution in [3.8, 4) is 0 Å². The molecule has 1 heterocycles. The van der Waals surface area contributed by atoms with Gasteiger partial charge in [-0.1, -0.05) is 48.5 Å². The van der Waals surface area contributed by atoms with Crippen LogP contribution < -0.4 is 0 Å². The van der Waals surface area contributed by atoms with Gasteiger partial charge in [-0.25, -0.2) is 0 Å². The van der Waals surface area contributed by atoms with Gasteiger partial charge in [-0.05, 0) is 12.1 Å². The molecule has 0 fully saturated rings. The summed E-state index contributed by atoms with van der Waals surface area (Å²) in [4.78, 5) is 4.30. The highest BCUT2D eigenvalue weighted by Gasteiger charge is 1.84. The Kier molecular flexibility index (Phi) is 2.72. The van der Waals surface area contributed by atoms with Crippen LogP contribution in [0.2, 0.25) is 0 Å². The van der Waals surface area contributed by atoms with Crippen molar-refractivity contribution < 1.29 is 0 Å². The molecule has 0 aliphatic rings. The molecule has 0 saturated carbocycles. The molecule has 1 nitrogen and oxygen atoms in total. The molecule has 0 aliphatic carbocycles. The van der Waals surface area contributed by atoms with Gasteiger partial charge in [0.05, 0.1) is 5.52 Å². The van der Waals surface area contributed by atoms with Gasteiger partial charge in [0.2, 0.25) is 0 Å². The lowest BCUT2D eigenvalue weighted by Crippen LogP contribution is -1.71. The number of fused-ring (bicyclic) bond motifs is 1. The fourth-order valence-electron chi connectivity index (χ4n) is 1.27. The van der Waals surface area contributed by atoms with Crippen molar-refractivity contribution in [2.45, 2.75) is 0 Å². The summed E-state index contributed by atoms with van der Waals surface area (Å²) in [6.07, 6.45) is 1.81. The maximum atomic E-state index is 4.30. The van der Waals surface area contributed by atoms with Gasteiger partial charge in [-0.3, -0.25) is 4.98 Å². The number of hydrogen-bond donors (Lipinski definition) is 0. The first kappa shape index (κ1) is 8.70. The molecule has 0 saturated heterocycles. The Bertz CT molecular complexity index is 430. The molecule has 68 valence electrons. The van der Waals surface area contributed by atoms with Crippen molar-refractivity contribution in [1.82, 2.24) is 4.98 Å². The monoisotopic (exact) mass is 181 g/mol. The topological polar surface area (TPSA) is 12.9 Å². The van der Waals surface area contributed by atoms with E-state index in [-0.39, 0.29) is 0 Å². The summed E-state index contributed by atoms with van der Waals surface area (Å²) in [6, 6.07) is 20.1. The van der Waals surface area contributed by atoms with Crippen LogP contribution in [0.5, 0.6) is 0 Å². The van der Waals surface area contributed by atoms with Crippen LogP contribution in [0, 0.1) is 0 Å². The summed E-state index contributed by atoms with van der Waals surface area (Å²) in [5, 5.41) is 1.14. The van der Waals surface area contributed by atoms with E-state index in [4.69, 9.17) is 0 Å².